The second kappa shape index (κ2) is 5.44. The van der Waals surface area contributed by atoms with Gasteiger partial charge in [0.05, 0.1) is 22.8 Å². The van der Waals surface area contributed by atoms with Crippen molar-refractivity contribution in [3.05, 3.63) is 10.6 Å². The predicted octanol–water partition coefficient (Wildman–Crippen LogP) is 1.69. The van der Waals surface area contributed by atoms with Gasteiger partial charge in [0.2, 0.25) is 0 Å². The number of nitrogens with one attached hydrogen (secondary N) is 1. The Morgan fingerprint density at radius 3 is 3.00 bits per heavy atom. The van der Waals surface area contributed by atoms with Crippen LogP contribution < -0.4 is 5.32 Å². The molecule has 2 saturated heterocycles. The minimum atomic E-state index is -0.0377. The van der Waals surface area contributed by atoms with Crippen molar-refractivity contribution in [2.24, 2.45) is 5.92 Å². The van der Waals surface area contributed by atoms with Gasteiger partial charge in [-0.05, 0) is 44.3 Å². The van der Waals surface area contributed by atoms with E-state index in [1.54, 1.807) is 0 Å². The van der Waals surface area contributed by atoms with Gasteiger partial charge in [0.1, 0.15) is 0 Å². The second-order valence-electron chi connectivity index (χ2n) is 5.58. The molecule has 3 rings (SSSR count). The molecule has 0 amide bonds. The van der Waals surface area contributed by atoms with E-state index in [0.717, 1.165) is 44.8 Å². The number of hydrogen-bond donors (Lipinski definition) is 1. The highest BCUT2D eigenvalue weighted by molar-refractivity contribution is 7.05. The molecule has 0 radical (unpaired) electrons. The first-order valence-electron chi connectivity index (χ1n) is 6.92. The monoisotopic (exact) mass is 283 g/mol. The van der Waals surface area contributed by atoms with Crippen LogP contribution in [0.25, 0.3) is 0 Å². The van der Waals surface area contributed by atoms with Crippen molar-refractivity contribution >= 4 is 11.5 Å². The van der Waals surface area contributed by atoms with Crippen molar-refractivity contribution in [3.63, 3.8) is 0 Å². The summed E-state index contributed by atoms with van der Waals surface area (Å²) >= 11 is 1.51. The number of aromatic nitrogens is 2. The molecule has 6 heteroatoms. The highest BCUT2D eigenvalue weighted by atomic mass is 32.1. The summed E-state index contributed by atoms with van der Waals surface area (Å²) in [5.41, 5.74) is 1.01. The van der Waals surface area contributed by atoms with E-state index >= 15 is 0 Å². The normalized spacial score (nSPS) is 32.8. The van der Waals surface area contributed by atoms with Crippen LogP contribution in [-0.4, -0.2) is 42.1 Å². The van der Waals surface area contributed by atoms with Crippen LogP contribution in [-0.2, 0) is 9.47 Å². The van der Waals surface area contributed by atoms with Crippen LogP contribution in [0.5, 0.6) is 0 Å². The zero-order chi connectivity index (χ0) is 13.3. The summed E-state index contributed by atoms with van der Waals surface area (Å²) in [5.74, 6) is 0.571. The van der Waals surface area contributed by atoms with Crippen LogP contribution in [0.4, 0.5) is 0 Å². The summed E-state index contributed by atoms with van der Waals surface area (Å²) in [6.45, 7) is 4.45. The molecule has 0 bridgehead atoms. The van der Waals surface area contributed by atoms with Crippen LogP contribution in [0.1, 0.15) is 35.9 Å². The highest BCUT2D eigenvalue weighted by Crippen LogP contribution is 2.41. The van der Waals surface area contributed by atoms with Crippen LogP contribution in [0, 0.1) is 12.8 Å². The fourth-order valence-corrected chi connectivity index (χ4v) is 4.17. The first-order chi connectivity index (χ1) is 9.24. The van der Waals surface area contributed by atoms with Crippen molar-refractivity contribution in [2.45, 2.75) is 37.8 Å². The van der Waals surface area contributed by atoms with E-state index in [0.29, 0.717) is 12.0 Å². The van der Waals surface area contributed by atoms with Gasteiger partial charge in [-0.3, -0.25) is 0 Å². The Balaban J connectivity index is 1.78. The molecule has 5 nitrogen and oxygen atoms in total. The molecule has 2 fully saturated rings. The Kier molecular flexibility index (Phi) is 3.84. The van der Waals surface area contributed by atoms with E-state index in [9.17, 15) is 0 Å². The Bertz CT molecular complexity index is 431. The topological polar surface area (TPSA) is 56.3 Å². The van der Waals surface area contributed by atoms with Crippen molar-refractivity contribution < 1.29 is 9.47 Å². The number of hydrogen-bond acceptors (Lipinski definition) is 6. The molecule has 0 aliphatic carbocycles. The Morgan fingerprint density at radius 1 is 1.47 bits per heavy atom. The van der Waals surface area contributed by atoms with Crippen molar-refractivity contribution in [1.29, 1.82) is 0 Å². The first-order valence-corrected chi connectivity index (χ1v) is 7.69. The number of nitrogens with zero attached hydrogens (tertiary/aromatic N) is 2. The minimum Gasteiger partial charge on any atom is -0.378 e. The molecular weight excluding hydrogens is 262 g/mol. The Labute approximate surface area is 117 Å². The molecular formula is C13H21N3O2S. The van der Waals surface area contributed by atoms with Gasteiger partial charge in [0.25, 0.3) is 0 Å². The molecule has 0 aromatic carbocycles. The van der Waals surface area contributed by atoms with Gasteiger partial charge < -0.3 is 14.8 Å². The van der Waals surface area contributed by atoms with Gasteiger partial charge in [0.15, 0.2) is 0 Å². The van der Waals surface area contributed by atoms with Crippen LogP contribution in [0.15, 0.2) is 0 Å². The molecule has 2 aliphatic heterocycles. The van der Waals surface area contributed by atoms with Gasteiger partial charge in [-0.1, -0.05) is 4.49 Å². The smallest absolute Gasteiger partial charge is 0.0940 e. The molecule has 3 atom stereocenters. The van der Waals surface area contributed by atoms with Gasteiger partial charge in [-0.25, -0.2) is 0 Å². The molecule has 0 saturated carbocycles. The lowest BCUT2D eigenvalue weighted by Gasteiger charge is -2.40. The lowest BCUT2D eigenvalue weighted by molar-refractivity contribution is -0.103. The molecule has 19 heavy (non-hydrogen) atoms. The van der Waals surface area contributed by atoms with E-state index in [4.69, 9.17) is 9.47 Å². The fraction of sp³-hybridized carbons (Fsp3) is 0.846. The third-order valence-corrected chi connectivity index (χ3v) is 5.26. The summed E-state index contributed by atoms with van der Waals surface area (Å²) in [7, 11) is 2.02. The molecule has 2 aliphatic rings. The van der Waals surface area contributed by atoms with Crippen molar-refractivity contribution in [2.75, 3.05) is 26.9 Å². The molecule has 1 N–H and O–H groups in total. The Hall–Kier alpha value is -0.560. The minimum absolute atomic E-state index is 0.0377. The maximum absolute atomic E-state index is 6.02. The van der Waals surface area contributed by atoms with E-state index in [1.165, 1.54) is 16.4 Å². The molecule has 106 valence electrons. The summed E-state index contributed by atoms with van der Waals surface area (Å²) < 4.78 is 15.6. The van der Waals surface area contributed by atoms with Gasteiger partial charge in [-0.2, -0.15) is 0 Å². The average molecular weight is 283 g/mol. The van der Waals surface area contributed by atoms with Crippen molar-refractivity contribution in [1.82, 2.24) is 14.9 Å². The number of ether oxygens (including phenoxy) is 2. The van der Waals surface area contributed by atoms with Crippen molar-refractivity contribution in [3.8, 4) is 0 Å². The summed E-state index contributed by atoms with van der Waals surface area (Å²) in [6.07, 6.45) is 3.18. The molecule has 1 spiro atoms. The zero-order valence-corrected chi connectivity index (χ0v) is 12.3. The zero-order valence-electron chi connectivity index (χ0n) is 11.5. The maximum atomic E-state index is 6.02. The lowest BCUT2D eigenvalue weighted by atomic mass is 9.80. The predicted molar refractivity (Wildman–Crippen MR) is 73.3 cm³/mol. The Morgan fingerprint density at radius 2 is 2.37 bits per heavy atom. The third-order valence-electron chi connectivity index (χ3n) is 4.35. The molecule has 1 aromatic rings. The van der Waals surface area contributed by atoms with Gasteiger partial charge in [-0.15, -0.1) is 5.10 Å². The number of aryl methyl sites for hydroxylation is 1. The molecule has 1 aromatic heterocycles. The largest absolute Gasteiger partial charge is 0.378 e. The van der Waals surface area contributed by atoms with Gasteiger partial charge >= 0.3 is 0 Å². The van der Waals surface area contributed by atoms with E-state index in [2.05, 4.69) is 14.9 Å². The first kappa shape index (κ1) is 13.4. The van der Waals surface area contributed by atoms with Crippen LogP contribution in [0.2, 0.25) is 0 Å². The number of rotatable bonds is 3. The summed E-state index contributed by atoms with van der Waals surface area (Å²) in [6, 6.07) is 0.335. The molecule has 3 unspecified atom stereocenters. The quantitative estimate of drug-likeness (QED) is 0.915. The molecule has 3 heterocycles. The van der Waals surface area contributed by atoms with E-state index in [1.807, 2.05) is 14.0 Å². The van der Waals surface area contributed by atoms with Gasteiger partial charge in [0, 0.05) is 25.7 Å². The summed E-state index contributed by atoms with van der Waals surface area (Å²) in [5, 5.41) is 7.60. The fourth-order valence-electron chi connectivity index (χ4n) is 3.32. The third kappa shape index (κ3) is 2.54. The van der Waals surface area contributed by atoms with Crippen LogP contribution >= 0.6 is 11.5 Å². The van der Waals surface area contributed by atoms with Crippen LogP contribution in [0.3, 0.4) is 0 Å². The summed E-state index contributed by atoms with van der Waals surface area (Å²) in [4.78, 5) is 1.27. The van der Waals surface area contributed by atoms with E-state index in [-0.39, 0.29) is 5.60 Å². The highest BCUT2D eigenvalue weighted by Gasteiger charge is 2.43. The lowest BCUT2D eigenvalue weighted by Crippen LogP contribution is -2.43. The second-order valence-corrected chi connectivity index (χ2v) is 6.36. The maximum Gasteiger partial charge on any atom is 0.0940 e. The standard InChI is InChI=1S/C13H21N3O2S/c1-9-12(19-16-15-9)11(14-2)10-3-5-18-13(7-10)4-6-17-8-13/h10-11,14H,3-8H2,1-2H3. The SMILES string of the molecule is CNC(c1snnc1C)C1CCOC2(CCOC2)C1. The van der Waals surface area contributed by atoms with E-state index < -0.39 is 0 Å². The average Bonchev–Trinajstić information content (AvgIpc) is 3.02.